The van der Waals surface area contributed by atoms with Gasteiger partial charge in [0.05, 0.1) is 12.7 Å². The fourth-order valence-electron chi connectivity index (χ4n) is 3.06. The normalized spacial score (nSPS) is 15.7. The molecule has 1 aromatic rings. The number of ether oxygens (including phenoxy) is 1. The lowest BCUT2D eigenvalue weighted by atomic mass is 10.1. The molecule has 0 aliphatic carbocycles. The number of nitrogens with zero attached hydrogens (tertiary/aromatic N) is 2. The summed E-state index contributed by atoms with van der Waals surface area (Å²) in [5.41, 5.74) is 0.248. The standard InChI is InChI=1S/C18H25FN2O4/c1-25-17-14(6-4-7-15(17)19)18(24)21-11-5-10-20(12-13-21)9-3-2-8-16(22)23/h4,6-7H,2-3,5,8-13H2,1H3,(H,22,23). The number of hydrogen-bond acceptors (Lipinski definition) is 4. The SMILES string of the molecule is COc1c(F)cccc1C(=O)N1CCCN(CCCCC(=O)O)CC1. The first-order chi connectivity index (χ1) is 12.0. The molecule has 1 aromatic carbocycles. The van der Waals surface area contributed by atoms with Crippen molar-refractivity contribution in [2.45, 2.75) is 25.7 Å². The molecule has 0 aromatic heterocycles. The lowest BCUT2D eigenvalue weighted by Crippen LogP contribution is -2.35. The smallest absolute Gasteiger partial charge is 0.303 e. The number of carboxylic acids is 1. The number of benzene rings is 1. The predicted octanol–water partition coefficient (Wildman–Crippen LogP) is 2.24. The number of hydrogen-bond donors (Lipinski definition) is 1. The Hall–Kier alpha value is -2.15. The molecule has 1 N–H and O–H groups in total. The molecule has 1 aliphatic rings. The fraction of sp³-hybridized carbons (Fsp3) is 0.556. The number of rotatable bonds is 7. The van der Waals surface area contributed by atoms with Gasteiger partial charge in [-0.3, -0.25) is 9.59 Å². The van der Waals surface area contributed by atoms with E-state index in [1.165, 1.54) is 19.2 Å². The van der Waals surface area contributed by atoms with Gasteiger partial charge >= 0.3 is 5.97 Å². The van der Waals surface area contributed by atoms with E-state index in [0.29, 0.717) is 19.5 Å². The number of halogens is 1. The molecule has 2 rings (SSSR count). The molecule has 0 saturated carbocycles. The molecule has 0 atom stereocenters. The van der Waals surface area contributed by atoms with Gasteiger partial charge in [-0.15, -0.1) is 0 Å². The zero-order valence-electron chi connectivity index (χ0n) is 14.5. The second-order valence-electron chi connectivity index (χ2n) is 6.16. The van der Waals surface area contributed by atoms with Crippen LogP contribution in [0.25, 0.3) is 0 Å². The van der Waals surface area contributed by atoms with Gasteiger partial charge in [0.15, 0.2) is 11.6 Å². The molecule has 7 heteroatoms. The van der Waals surface area contributed by atoms with E-state index in [0.717, 1.165) is 32.5 Å². The van der Waals surface area contributed by atoms with Crippen molar-refractivity contribution in [2.75, 3.05) is 39.8 Å². The third-order valence-corrected chi connectivity index (χ3v) is 4.39. The van der Waals surface area contributed by atoms with Crippen molar-refractivity contribution >= 4 is 11.9 Å². The van der Waals surface area contributed by atoms with Gasteiger partial charge < -0.3 is 19.6 Å². The first-order valence-corrected chi connectivity index (χ1v) is 8.59. The summed E-state index contributed by atoms with van der Waals surface area (Å²) in [6, 6.07) is 4.37. The first kappa shape index (κ1) is 19.2. The quantitative estimate of drug-likeness (QED) is 0.762. The molecule has 6 nitrogen and oxygen atoms in total. The number of carbonyl (C=O) groups excluding carboxylic acids is 1. The summed E-state index contributed by atoms with van der Waals surface area (Å²) in [6.07, 6.45) is 2.52. The highest BCUT2D eigenvalue weighted by Crippen LogP contribution is 2.24. The van der Waals surface area contributed by atoms with E-state index < -0.39 is 11.8 Å². The lowest BCUT2D eigenvalue weighted by Gasteiger charge is -2.22. The van der Waals surface area contributed by atoms with E-state index in [2.05, 4.69) is 4.90 Å². The van der Waals surface area contributed by atoms with Crippen LogP contribution in [0.4, 0.5) is 4.39 Å². The molecular weight excluding hydrogens is 327 g/mol. The van der Waals surface area contributed by atoms with Crippen molar-refractivity contribution in [3.63, 3.8) is 0 Å². The van der Waals surface area contributed by atoms with Gasteiger partial charge in [0, 0.05) is 26.1 Å². The average molecular weight is 352 g/mol. The largest absolute Gasteiger partial charge is 0.493 e. The number of carbonyl (C=O) groups is 2. The highest BCUT2D eigenvalue weighted by molar-refractivity contribution is 5.97. The van der Waals surface area contributed by atoms with Crippen LogP contribution in [0, 0.1) is 5.82 Å². The zero-order valence-corrected chi connectivity index (χ0v) is 14.5. The zero-order chi connectivity index (χ0) is 18.2. The van der Waals surface area contributed by atoms with Crippen molar-refractivity contribution < 1.29 is 23.8 Å². The molecule has 0 unspecified atom stereocenters. The maximum absolute atomic E-state index is 13.8. The van der Waals surface area contributed by atoms with E-state index >= 15 is 0 Å². The highest BCUT2D eigenvalue weighted by Gasteiger charge is 2.24. The van der Waals surface area contributed by atoms with Crippen LogP contribution in [-0.2, 0) is 4.79 Å². The number of aliphatic carboxylic acids is 1. The summed E-state index contributed by atoms with van der Waals surface area (Å²) >= 11 is 0. The van der Waals surface area contributed by atoms with Crippen LogP contribution >= 0.6 is 0 Å². The van der Waals surface area contributed by atoms with Crippen LogP contribution in [-0.4, -0.2) is 66.6 Å². The Kier molecular flexibility index (Phi) is 7.18. The van der Waals surface area contributed by atoms with E-state index in [-0.39, 0.29) is 23.6 Å². The minimum atomic E-state index is -0.767. The third-order valence-electron chi connectivity index (χ3n) is 4.39. The molecule has 1 amide bonds. The van der Waals surface area contributed by atoms with Crippen molar-refractivity contribution in [1.29, 1.82) is 0 Å². The summed E-state index contributed by atoms with van der Waals surface area (Å²) < 4.78 is 18.8. The lowest BCUT2D eigenvalue weighted by molar-refractivity contribution is -0.137. The molecule has 1 fully saturated rings. The van der Waals surface area contributed by atoms with Gasteiger partial charge in [0.2, 0.25) is 0 Å². The van der Waals surface area contributed by atoms with Crippen LogP contribution in [0.3, 0.4) is 0 Å². The molecule has 1 heterocycles. The highest BCUT2D eigenvalue weighted by atomic mass is 19.1. The van der Waals surface area contributed by atoms with Crippen molar-refractivity contribution in [3.05, 3.63) is 29.6 Å². The Bertz CT molecular complexity index is 609. The van der Waals surface area contributed by atoms with Gasteiger partial charge in [-0.1, -0.05) is 6.07 Å². The predicted molar refractivity (Wildman–Crippen MR) is 91.4 cm³/mol. The number of unbranched alkanes of at least 4 members (excludes halogenated alkanes) is 1. The van der Waals surface area contributed by atoms with E-state index in [9.17, 15) is 14.0 Å². The second kappa shape index (κ2) is 9.36. The van der Waals surface area contributed by atoms with Crippen molar-refractivity contribution in [1.82, 2.24) is 9.80 Å². The summed E-state index contributed by atoms with van der Waals surface area (Å²) in [4.78, 5) is 27.2. The van der Waals surface area contributed by atoms with Crippen LogP contribution in [0.2, 0.25) is 0 Å². The van der Waals surface area contributed by atoms with E-state index in [4.69, 9.17) is 9.84 Å². The minimum absolute atomic E-state index is 0.0118. The number of methoxy groups -OCH3 is 1. The second-order valence-corrected chi connectivity index (χ2v) is 6.16. The fourth-order valence-corrected chi connectivity index (χ4v) is 3.06. The van der Waals surface area contributed by atoms with Gasteiger partial charge in [-0.25, -0.2) is 4.39 Å². The summed E-state index contributed by atoms with van der Waals surface area (Å²) in [5.74, 6) is -1.54. The topological polar surface area (TPSA) is 70.1 Å². The minimum Gasteiger partial charge on any atom is -0.493 e. The Morgan fingerprint density at radius 2 is 2.00 bits per heavy atom. The monoisotopic (exact) mass is 352 g/mol. The Morgan fingerprint density at radius 1 is 1.20 bits per heavy atom. The van der Waals surface area contributed by atoms with Gasteiger partial charge in [-0.2, -0.15) is 0 Å². The van der Waals surface area contributed by atoms with Gasteiger partial charge in [-0.05, 0) is 44.5 Å². The van der Waals surface area contributed by atoms with Crippen molar-refractivity contribution in [3.8, 4) is 5.75 Å². The molecule has 0 radical (unpaired) electrons. The summed E-state index contributed by atoms with van der Waals surface area (Å²) in [6.45, 7) is 3.62. The van der Waals surface area contributed by atoms with Crippen LogP contribution in [0.1, 0.15) is 36.0 Å². The Morgan fingerprint density at radius 3 is 2.72 bits per heavy atom. The Labute approximate surface area is 147 Å². The molecule has 138 valence electrons. The maximum Gasteiger partial charge on any atom is 0.303 e. The molecule has 1 saturated heterocycles. The van der Waals surface area contributed by atoms with Crippen molar-refractivity contribution in [2.24, 2.45) is 0 Å². The molecular formula is C18H25FN2O4. The molecule has 1 aliphatic heterocycles. The number of para-hydroxylation sites is 1. The number of amides is 1. The van der Waals surface area contributed by atoms with Gasteiger partial charge in [0.1, 0.15) is 0 Å². The van der Waals surface area contributed by atoms with Crippen LogP contribution in [0.15, 0.2) is 18.2 Å². The first-order valence-electron chi connectivity index (χ1n) is 8.59. The molecule has 25 heavy (non-hydrogen) atoms. The molecule has 0 spiro atoms. The average Bonchev–Trinajstić information content (AvgIpc) is 2.83. The number of carboxylic acid groups (broad SMARTS) is 1. The van der Waals surface area contributed by atoms with Crippen LogP contribution < -0.4 is 4.74 Å². The van der Waals surface area contributed by atoms with E-state index in [1.807, 2.05) is 0 Å². The summed E-state index contributed by atoms with van der Waals surface area (Å²) in [5, 5.41) is 8.67. The molecule has 0 bridgehead atoms. The summed E-state index contributed by atoms with van der Waals surface area (Å²) in [7, 11) is 1.36. The maximum atomic E-state index is 13.8. The van der Waals surface area contributed by atoms with Crippen LogP contribution in [0.5, 0.6) is 5.75 Å². The third kappa shape index (κ3) is 5.42. The van der Waals surface area contributed by atoms with Gasteiger partial charge in [0.25, 0.3) is 5.91 Å². The van der Waals surface area contributed by atoms with E-state index in [1.54, 1.807) is 11.0 Å². The Balaban J connectivity index is 1.91.